The van der Waals surface area contributed by atoms with Crippen molar-refractivity contribution in [3.05, 3.63) is 22.4 Å². The standard InChI is InChI=1S/C14H22N4O2S/c1-15-14(20)18-7-11(6-17(2)3)12(8-18)16-13(19)10-4-5-21-9-10/h4-5,9,11-12H,6-8H2,1-3H3,(H,15,20)(H,16,19)/t11-,12-/m1/s1. The Bertz CT molecular complexity index is 489. The molecule has 1 aliphatic heterocycles. The summed E-state index contributed by atoms with van der Waals surface area (Å²) in [6, 6.07) is 1.70. The predicted molar refractivity (Wildman–Crippen MR) is 83.6 cm³/mol. The number of urea groups is 1. The molecular weight excluding hydrogens is 288 g/mol. The van der Waals surface area contributed by atoms with Gasteiger partial charge in [0, 0.05) is 43.5 Å². The normalized spacial score (nSPS) is 21.6. The molecule has 0 aromatic carbocycles. The van der Waals surface area contributed by atoms with Gasteiger partial charge in [-0.1, -0.05) is 0 Å². The molecule has 2 rings (SSSR count). The Hall–Kier alpha value is -1.60. The second-order valence-electron chi connectivity index (χ2n) is 5.57. The third-order valence-corrected chi connectivity index (χ3v) is 4.32. The summed E-state index contributed by atoms with van der Waals surface area (Å²) in [5.41, 5.74) is 0.682. The molecule has 0 unspecified atom stereocenters. The Morgan fingerprint density at radius 2 is 2.19 bits per heavy atom. The highest BCUT2D eigenvalue weighted by Crippen LogP contribution is 2.19. The number of likely N-dealkylation sites (tertiary alicyclic amines) is 1. The van der Waals surface area contributed by atoms with Crippen LogP contribution in [0.3, 0.4) is 0 Å². The average Bonchev–Trinajstić information content (AvgIpc) is 3.07. The second kappa shape index (κ2) is 6.91. The van der Waals surface area contributed by atoms with E-state index in [9.17, 15) is 9.59 Å². The zero-order valence-electron chi connectivity index (χ0n) is 12.6. The molecule has 0 spiro atoms. The minimum atomic E-state index is -0.0916. The maximum atomic E-state index is 12.2. The smallest absolute Gasteiger partial charge is 0.317 e. The van der Waals surface area contributed by atoms with Crippen LogP contribution in [0.4, 0.5) is 4.79 Å². The minimum absolute atomic E-state index is 0.0166. The molecule has 2 atom stereocenters. The molecule has 2 heterocycles. The van der Waals surface area contributed by atoms with Crippen molar-refractivity contribution in [3.63, 3.8) is 0 Å². The molecule has 1 saturated heterocycles. The Kier molecular flexibility index (Phi) is 5.19. The van der Waals surface area contributed by atoms with Gasteiger partial charge in [0.25, 0.3) is 5.91 Å². The van der Waals surface area contributed by atoms with Crippen molar-refractivity contribution >= 4 is 23.3 Å². The molecular formula is C14H22N4O2S. The number of hydrogen-bond acceptors (Lipinski definition) is 4. The minimum Gasteiger partial charge on any atom is -0.347 e. The number of carbonyl (C=O) groups is 2. The predicted octanol–water partition coefficient (Wildman–Crippen LogP) is 0.679. The summed E-state index contributed by atoms with van der Waals surface area (Å²) >= 11 is 1.50. The summed E-state index contributed by atoms with van der Waals surface area (Å²) in [5.74, 6) is 0.170. The van der Waals surface area contributed by atoms with Gasteiger partial charge in [0.2, 0.25) is 0 Å². The molecule has 2 N–H and O–H groups in total. The van der Waals surface area contributed by atoms with Gasteiger partial charge in [-0.3, -0.25) is 4.79 Å². The van der Waals surface area contributed by atoms with Gasteiger partial charge in [-0.05, 0) is 25.5 Å². The highest BCUT2D eigenvalue weighted by Gasteiger charge is 2.36. The topological polar surface area (TPSA) is 64.7 Å². The van der Waals surface area contributed by atoms with Crippen LogP contribution in [0.15, 0.2) is 16.8 Å². The van der Waals surface area contributed by atoms with E-state index >= 15 is 0 Å². The Morgan fingerprint density at radius 3 is 2.76 bits per heavy atom. The summed E-state index contributed by atoms with van der Waals surface area (Å²) in [5, 5.41) is 9.43. The zero-order valence-corrected chi connectivity index (χ0v) is 13.4. The molecule has 1 aliphatic rings. The number of carbonyl (C=O) groups excluding carboxylic acids is 2. The Labute approximate surface area is 129 Å². The first-order valence-corrected chi connectivity index (χ1v) is 7.90. The van der Waals surface area contributed by atoms with Gasteiger partial charge in [-0.25, -0.2) is 4.79 Å². The van der Waals surface area contributed by atoms with Crippen molar-refractivity contribution < 1.29 is 9.59 Å². The molecule has 3 amide bonds. The van der Waals surface area contributed by atoms with Crippen molar-refractivity contribution in [2.75, 3.05) is 40.8 Å². The largest absolute Gasteiger partial charge is 0.347 e. The summed E-state index contributed by atoms with van der Waals surface area (Å²) in [6.45, 7) is 2.04. The highest BCUT2D eigenvalue weighted by molar-refractivity contribution is 7.08. The molecule has 21 heavy (non-hydrogen) atoms. The molecule has 116 valence electrons. The van der Waals surface area contributed by atoms with Crippen LogP contribution in [0.1, 0.15) is 10.4 Å². The lowest BCUT2D eigenvalue weighted by atomic mass is 10.0. The third-order valence-electron chi connectivity index (χ3n) is 3.64. The van der Waals surface area contributed by atoms with Crippen molar-refractivity contribution in [1.82, 2.24) is 20.4 Å². The fourth-order valence-corrected chi connectivity index (χ4v) is 3.29. The SMILES string of the molecule is CNC(=O)N1C[C@@H](CN(C)C)[C@H](NC(=O)c2ccsc2)C1. The third kappa shape index (κ3) is 3.95. The van der Waals surface area contributed by atoms with E-state index in [0.717, 1.165) is 6.54 Å². The first kappa shape index (κ1) is 15.8. The van der Waals surface area contributed by atoms with Gasteiger partial charge < -0.3 is 20.4 Å². The number of nitrogens with one attached hydrogen (secondary N) is 2. The van der Waals surface area contributed by atoms with Gasteiger partial charge in [0.05, 0.1) is 6.04 Å². The van der Waals surface area contributed by atoms with Crippen molar-refractivity contribution in [1.29, 1.82) is 0 Å². The van der Waals surface area contributed by atoms with Gasteiger partial charge in [-0.15, -0.1) is 0 Å². The molecule has 1 fully saturated rings. The van der Waals surface area contributed by atoms with Crippen LogP contribution < -0.4 is 10.6 Å². The van der Waals surface area contributed by atoms with Gasteiger partial charge in [0.1, 0.15) is 0 Å². The van der Waals surface area contributed by atoms with Crippen LogP contribution in [0.2, 0.25) is 0 Å². The van der Waals surface area contributed by atoms with Crippen molar-refractivity contribution in [2.24, 2.45) is 5.92 Å². The van der Waals surface area contributed by atoms with Crippen LogP contribution in [0.25, 0.3) is 0 Å². The molecule has 0 aliphatic carbocycles. The highest BCUT2D eigenvalue weighted by atomic mass is 32.1. The number of amides is 3. The van der Waals surface area contributed by atoms with Crippen LogP contribution >= 0.6 is 11.3 Å². The van der Waals surface area contributed by atoms with E-state index in [1.54, 1.807) is 11.9 Å². The summed E-state index contributed by atoms with van der Waals surface area (Å²) in [6.07, 6.45) is 0. The lowest BCUT2D eigenvalue weighted by Gasteiger charge is -2.22. The number of thiophene rings is 1. The maximum Gasteiger partial charge on any atom is 0.317 e. The quantitative estimate of drug-likeness (QED) is 0.859. The van der Waals surface area contributed by atoms with E-state index in [2.05, 4.69) is 15.5 Å². The zero-order chi connectivity index (χ0) is 15.4. The van der Waals surface area contributed by atoms with Crippen molar-refractivity contribution in [3.8, 4) is 0 Å². The molecule has 1 aromatic heterocycles. The summed E-state index contributed by atoms with van der Waals surface area (Å²) in [7, 11) is 5.63. The average molecular weight is 310 g/mol. The monoisotopic (exact) mass is 310 g/mol. The molecule has 6 nitrogen and oxygen atoms in total. The molecule has 0 bridgehead atoms. The van der Waals surface area contributed by atoms with E-state index in [1.165, 1.54) is 11.3 Å². The Morgan fingerprint density at radius 1 is 1.43 bits per heavy atom. The lowest BCUT2D eigenvalue weighted by molar-refractivity contribution is 0.0927. The first-order valence-electron chi connectivity index (χ1n) is 6.95. The fourth-order valence-electron chi connectivity index (χ4n) is 2.66. The van der Waals surface area contributed by atoms with E-state index in [1.807, 2.05) is 30.9 Å². The number of nitrogens with zero attached hydrogens (tertiary/aromatic N) is 2. The maximum absolute atomic E-state index is 12.2. The molecule has 0 radical (unpaired) electrons. The van der Waals surface area contributed by atoms with E-state index < -0.39 is 0 Å². The molecule has 1 aromatic rings. The van der Waals surface area contributed by atoms with Crippen molar-refractivity contribution in [2.45, 2.75) is 6.04 Å². The van der Waals surface area contributed by atoms with Crippen LogP contribution in [0, 0.1) is 5.92 Å². The van der Waals surface area contributed by atoms with E-state index in [0.29, 0.717) is 18.7 Å². The van der Waals surface area contributed by atoms with Crippen LogP contribution in [-0.2, 0) is 0 Å². The van der Waals surface area contributed by atoms with Gasteiger partial charge in [0.15, 0.2) is 0 Å². The molecule has 0 saturated carbocycles. The Balaban J connectivity index is 2.03. The number of hydrogen-bond donors (Lipinski definition) is 2. The second-order valence-corrected chi connectivity index (χ2v) is 6.35. The fraction of sp³-hybridized carbons (Fsp3) is 0.571. The molecule has 7 heteroatoms. The van der Waals surface area contributed by atoms with Crippen LogP contribution in [-0.4, -0.2) is 68.6 Å². The summed E-state index contributed by atoms with van der Waals surface area (Å²) < 4.78 is 0. The van der Waals surface area contributed by atoms with Crippen LogP contribution in [0.5, 0.6) is 0 Å². The number of rotatable bonds is 4. The first-order chi connectivity index (χ1) is 10.0. The summed E-state index contributed by atoms with van der Waals surface area (Å²) in [4.78, 5) is 27.8. The van der Waals surface area contributed by atoms with E-state index in [-0.39, 0.29) is 23.9 Å². The van der Waals surface area contributed by atoms with Gasteiger partial charge in [-0.2, -0.15) is 11.3 Å². The lowest BCUT2D eigenvalue weighted by Crippen LogP contribution is -2.43. The van der Waals surface area contributed by atoms with Gasteiger partial charge >= 0.3 is 6.03 Å². The van der Waals surface area contributed by atoms with E-state index in [4.69, 9.17) is 0 Å².